The van der Waals surface area contributed by atoms with E-state index in [9.17, 15) is 9.59 Å². The van der Waals surface area contributed by atoms with E-state index >= 15 is 0 Å². The van der Waals surface area contributed by atoms with E-state index in [1.54, 1.807) is 12.1 Å². The molecule has 3 aromatic carbocycles. The molecule has 0 saturated heterocycles. The van der Waals surface area contributed by atoms with Gasteiger partial charge in [0, 0.05) is 13.1 Å². The summed E-state index contributed by atoms with van der Waals surface area (Å²) in [6.45, 7) is 0.611. The highest BCUT2D eigenvalue weighted by atomic mass is 16.5. The van der Waals surface area contributed by atoms with E-state index in [2.05, 4.69) is 10.6 Å². The molecule has 0 bridgehead atoms. The highest BCUT2D eigenvalue weighted by molar-refractivity contribution is 5.87. The van der Waals surface area contributed by atoms with Gasteiger partial charge >= 0.3 is 0 Å². The molecule has 3 aromatic rings. The second kappa shape index (κ2) is 10.7. The van der Waals surface area contributed by atoms with Crippen LogP contribution in [0.4, 0.5) is 0 Å². The summed E-state index contributed by atoms with van der Waals surface area (Å²) in [6, 6.07) is 28.5. The first-order valence-electron chi connectivity index (χ1n) is 9.56. The lowest BCUT2D eigenvalue weighted by Crippen LogP contribution is -2.38. The van der Waals surface area contributed by atoms with Gasteiger partial charge in [0.15, 0.2) is 6.61 Å². The first-order valence-corrected chi connectivity index (χ1v) is 9.56. The quantitative estimate of drug-likeness (QED) is 0.554. The van der Waals surface area contributed by atoms with Gasteiger partial charge in [0.05, 0.1) is 5.92 Å². The lowest BCUT2D eigenvalue weighted by molar-refractivity contribution is -0.124. The van der Waals surface area contributed by atoms with Crippen LogP contribution in [0.5, 0.6) is 5.75 Å². The normalized spacial score (nSPS) is 10.4. The Bertz CT molecular complexity index is 860. The third-order valence-corrected chi connectivity index (χ3v) is 4.39. The molecule has 5 nitrogen and oxygen atoms in total. The first kappa shape index (κ1) is 20.1. The Morgan fingerprint density at radius 2 is 1.17 bits per heavy atom. The summed E-state index contributed by atoms with van der Waals surface area (Å²) in [5, 5.41) is 5.66. The van der Waals surface area contributed by atoms with Crippen LogP contribution >= 0.6 is 0 Å². The Labute approximate surface area is 170 Å². The number of para-hydroxylation sites is 1. The molecule has 2 amide bonds. The van der Waals surface area contributed by atoms with E-state index in [1.165, 1.54) is 0 Å². The van der Waals surface area contributed by atoms with Crippen molar-refractivity contribution in [3.05, 3.63) is 102 Å². The van der Waals surface area contributed by atoms with Crippen LogP contribution in [0.2, 0.25) is 0 Å². The van der Waals surface area contributed by atoms with E-state index in [4.69, 9.17) is 4.74 Å². The van der Waals surface area contributed by atoms with Crippen LogP contribution in [0.25, 0.3) is 0 Å². The van der Waals surface area contributed by atoms with Crippen LogP contribution in [-0.2, 0) is 9.59 Å². The Morgan fingerprint density at radius 3 is 1.72 bits per heavy atom. The molecule has 0 radical (unpaired) electrons. The maximum atomic E-state index is 12.9. The van der Waals surface area contributed by atoms with Crippen molar-refractivity contribution in [1.82, 2.24) is 10.6 Å². The third kappa shape index (κ3) is 6.21. The standard InChI is InChI=1S/C24H24N2O3/c27-22(18-29-21-14-8-3-9-15-21)25-16-17-26-24(28)23(19-10-4-1-5-11-19)20-12-6-2-7-13-20/h1-15,23H,16-18H2,(H,25,27)(H,26,28). The van der Waals surface area contributed by atoms with E-state index in [0.717, 1.165) is 11.1 Å². The van der Waals surface area contributed by atoms with E-state index in [-0.39, 0.29) is 18.4 Å². The molecule has 0 saturated carbocycles. The minimum Gasteiger partial charge on any atom is -0.484 e. The van der Waals surface area contributed by atoms with Crippen LogP contribution in [-0.4, -0.2) is 31.5 Å². The van der Waals surface area contributed by atoms with Crippen molar-refractivity contribution in [2.75, 3.05) is 19.7 Å². The topological polar surface area (TPSA) is 67.4 Å². The van der Waals surface area contributed by atoms with Gasteiger partial charge in [0.1, 0.15) is 5.75 Å². The van der Waals surface area contributed by atoms with Gasteiger partial charge in [-0.3, -0.25) is 9.59 Å². The van der Waals surface area contributed by atoms with Crippen molar-refractivity contribution in [3.63, 3.8) is 0 Å². The lowest BCUT2D eigenvalue weighted by atomic mass is 9.90. The number of ether oxygens (including phenoxy) is 1. The van der Waals surface area contributed by atoms with Crippen molar-refractivity contribution < 1.29 is 14.3 Å². The minimum absolute atomic E-state index is 0.0609. The van der Waals surface area contributed by atoms with Crippen molar-refractivity contribution in [2.24, 2.45) is 0 Å². The second-order valence-electron chi connectivity index (χ2n) is 6.50. The largest absolute Gasteiger partial charge is 0.484 e. The average molecular weight is 388 g/mol. The van der Waals surface area contributed by atoms with Crippen molar-refractivity contribution in [1.29, 1.82) is 0 Å². The molecular weight excluding hydrogens is 364 g/mol. The van der Waals surface area contributed by atoms with Crippen LogP contribution < -0.4 is 15.4 Å². The highest BCUT2D eigenvalue weighted by Crippen LogP contribution is 2.24. The van der Waals surface area contributed by atoms with Gasteiger partial charge in [-0.15, -0.1) is 0 Å². The highest BCUT2D eigenvalue weighted by Gasteiger charge is 2.21. The Kier molecular flexibility index (Phi) is 7.41. The fraction of sp³-hybridized carbons (Fsp3) is 0.167. The Hall–Kier alpha value is -3.60. The van der Waals surface area contributed by atoms with Crippen molar-refractivity contribution in [2.45, 2.75) is 5.92 Å². The molecule has 5 heteroatoms. The molecule has 2 N–H and O–H groups in total. The number of nitrogens with one attached hydrogen (secondary N) is 2. The maximum Gasteiger partial charge on any atom is 0.258 e. The van der Waals surface area contributed by atoms with E-state index < -0.39 is 5.92 Å². The number of hydrogen-bond donors (Lipinski definition) is 2. The zero-order chi connectivity index (χ0) is 20.3. The van der Waals surface area contributed by atoms with Crippen LogP contribution in [0, 0.1) is 0 Å². The molecule has 0 heterocycles. The van der Waals surface area contributed by atoms with Gasteiger partial charge in [0.25, 0.3) is 5.91 Å². The zero-order valence-electron chi connectivity index (χ0n) is 16.1. The minimum atomic E-state index is -0.394. The molecule has 148 valence electrons. The molecule has 3 rings (SSSR count). The van der Waals surface area contributed by atoms with Crippen LogP contribution in [0.1, 0.15) is 17.0 Å². The second-order valence-corrected chi connectivity index (χ2v) is 6.50. The molecule has 0 aliphatic carbocycles. The fourth-order valence-corrected chi connectivity index (χ4v) is 2.99. The van der Waals surface area contributed by atoms with Crippen molar-refractivity contribution >= 4 is 11.8 Å². The number of benzene rings is 3. The number of carbonyl (C=O) groups is 2. The average Bonchev–Trinajstić information content (AvgIpc) is 2.78. The first-order chi connectivity index (χ1) is 14.2. The summed E-state index contributed by atoms with van der Waals surface area (Å²) in [6.07, 6.45) is 0. The smallest absolute Gasteiger partial charge is 0.258 e. The summed E-state index contributed by atoms with van der Waals surface area (Å²) < 4.78 is 5.40. The third-order valence-electron chi connectivity index (χ3n) is 4.39. The Balaban J connectivity index is 1.48. The summed E-state index contributed by atoms with van der Waals surface area (Å²) in [4.78, 5) is 24.7. The lowest BCUT2D eigenvalue weighted by Gasteiger charge is -2.18. The van der Waals surface area contributed by atoms with E-state index in [0.29, 0.717) is 18.8 Å². The predicted molar refractivity (Wildman–Crippen MR) is 113 cm³/mol. The summed E-state index contributed by atoms with van der Waals surface area (Å²) in [7, 11) is 0. The van der Waals surface area contributed by atoms with Crippen LogP contribution in [0.15, 0.2) is 91.0 Å². The molecule has 0 atom stereocenters. The molecule has 0 aliphatic heterocycles. The Morgan fingerprint density at radius 1 is 0.690 bits per heavy atom. The van der Waals surface area contributed by atoms with Gasteiger partial charge in [-0.2, -0.15) is 0 Å². The summed E-state index contributed by atoms with van der Waals surface area (Å²) in [5.41, 5.74) is 1.85. The van der Waals surface area contributed by atoms with Gasteiger partial charge in [-0.05, 0) is 23.3 Å². The van der Waals surface area contributed by atoms with Crippen LogP contribution in [0.3, 0.4) is 0 Å². The van der Waals surface area contributed by atoms with Gasteiger partial charge in [0.2, 0.25) is 5.91 Å². The molecule has 0 fully saturated rings. The molecule has 0 unspecified atom stereocenters. The molecule has 0 aliphatic rings. The monoisotopic (exact) mass is 388 g/mol. The fourth-order valence-electron chi connectivity index (χ4n) is 2.99. The number of hydrogen-bond acceptors (Lipinski definition) is 3. The summed E-state index contributed by atoms with van der Waals surface area (Å²) in [5.74, 6) is -0.0815. The number of amides is 2. The predicted octanol–water partition coefficient (Wildman–Crippen LogP) is 3.13. The molecule has 29 heavy (non-hydrogen) atoms. The summed E-state index contributed by atoms with van der Waals surface area (Å²) >= 11 is 0. The van der Waals surface area contributed by atoms with Crippen molar-refractivity contribution in [3.8, 4) is 5.75 Å². The van der Waals surface area contributed by atoms with Gasteiger partial charge < -0.3 is 15.4 Å². The SMILES string of the molecule is O=C(COc1ccccc1)NCCNC(=O)C(c1ccccc1)c1ccccc1. The number of carbonyl (C=O) groups excluding carboxylic acids is 2. The molecule has 0 spiro atoms. The molecule has 0 aromatic heterocycles. The maximum absolute atomic E-state index is 12.9. The van der Waals surface area contributed by atoms with Gasteiger partial charge in [-0.1, -0.05) is 78.9 Å². The molecular formula is C24H24N2O3. The zero-order valence-corrected chi connectivity index (χ0v) is 16.1. The van der Waals surface area contributed by atoms with Gasteiger partial charge in [-0.25, -0.2) is 0 Å². The number of rotatable bonds is 9. The van der Waals surface area contributed by atoms with E-state index in [1.807, 2.05) is 78.9 Å².